The molecule has 3 heterocycles. The summed E-state index contributed by atoms with van der Waals surface area (Å²) in [6.45, 7) is 6.01. The van der Waals surface area contributed by atoms with E-state index in [2.05, 4.69) is 50.7 Å². The maximum Gasteiger partial charge on any atom is 0.246 e. The van der Waals surface area contributed by atoms with Crippen LogP contribution in [0.3, 0.4) is 0 Å². The van der Waals surface area contributed by atoms with Crippen molar-refractivity contribution in [2.24, 2.45) is 11.8 Å². The fraction of sp³-hybridized carbons (Fsp3) is 0.500. The Morgan fingerprint density at radius 3 is 2.07 bits per heavy atom. The standard InChI is InChI=1S/C42H56N8O9/c1-23(2)12-13-25-17-26(14-15-32(25)59-5)38(54)37-41(57)46-20-33(51)47-30(18-27-19-43-29-10-7-6-9-28(27)29)42(58)50-16-8-11-31(50)39(55)44-21-34(52)48-36(24(3)4)40(56)45-22-35(53)49-37/h6-7,9-10,14-15,17,19,23-24,30-31,36-38,43,54H,8,11-13,16,18,20-22H2,1-5H3,(H,44,55)(H,45,56)(H,46,57)(H,47,51)(H,48,52)(H,49,53)/t30-,31-,36-,37-,38?/m0/s1. The minimum absolute atomic E-state index is 0.0431. The van der Waals surface area contributed by atoms with E-state index in [-0.39, 0.29) is 13.0 Å². The molecule has 17 nitrogen and oxygen atoms in total. The first-order valence-electron chi connectivity index (χ1n) is 20.1. The highest BCUT2D eigenvalue weighted by Gasteiger charge is 2.39. The van der Waals surface area contributed by atoms with Crippen molar-refractivity contribution in [1.29, 1.82) is 0 Å². The molecule has 2 aliphatic rings. The molecule has 17 heteroatoms. The van der Waals surface area contributed by atoms with Crippen LogP contribution in [0, 0.1) is 11.8 Å². The lowest BCUT2D eigenvalue weighted by atomic mass is 9.95. The summed E-state index contributed by atoms with van der Waals surface area (Å²) in [4.78, 5) is 99.4. The number of ether oxygens (including phenoxy) is 1. The number of hydrogen-bond acceptors (Lipinski definition) is 9. The summed E-state index contributed by atoms with van der Waals surface area (Å²) in [6, 6.07) is 7.55. The van der Waals surface area contributed by atoms with E-state index in [1.54, 1.807) is 38.2 Å². The predicted molar refractivity (Wildman–Crippen MR) is 218 cm³/mol. The van der Waals surface area contributed by atoms with Gasteiger partial charge in [-0.25, -0.2) is 0 Å². The first-order valence-corrected chi connectivity index (χ1v) is 20.1. The number of carbonyl (C=O) groups excluding carboxylic acids is 7. The molecule has 5 rings (SSSR count). The van der Waals surface area contributed by atoms with E-state index < -0.39 is 97.2 Å². The number of hydrogen-bond donors (Lipinski definition) is 8. The van der Waals surface area contributed by atoms with Crippen molar-refractivity contribution >= 4 is 52.3 Å². The van der Waals surface area contributed by atoms with Gasteiger partial charge < -0.3 is 51.6 Å². The largest absolute Gasteiger partial charge is 0.496 e. The Morgan fingerprint density at radius 2 is 1.41 bits per heavy atom. The molecule has 0 bridgehead atoms. The number of aliphatic hydroxyl groups excluding tert-OH is 1. The molecule has 0 radical (unpaired) electrons. The zero-order chi connectivity index (χ0) is 42.8. The van der Waals surface area contributed by atoms with E-state index in [0.29, 0.717) is 36.5 Å². The number of fused-ring (bicyclic) bond motifs is 2. The molecule has 1 unspecified atom stereocenters. The molecule has 8 N–H and O–H groups in total. The van der Waals surface area contributed by atoms with Gasteiger partial charge in [0.25, 0.3) is 0 Å². The molecule has 2 aliphatic heterocycles. The fourth-order valence-corrected chi connectivity index (χ4v) is 7.40. The molecule has 2 aromatic carbocycles. The molecule has 318 valence electrons. The number of amides is 7. The van der Waals surface area contributed by atoms with Crippen LogP contribution in [0.5, 0.6) is 5.75 Å². The quantitative estimate of drug-likeness (QED) is 0.150. The number of aliphatic hydroxyl groups is 1. The Balaban J connectivity index is 1.46. The third-order valence-electron chi connectivity index (χ3n) is 10.7. The van der Waals surface area contributed by atoms with Crippen molar-refractivity contribution in [2.45, 2.75) is 90.1 Å². The van der Waals surface area contributed by atoms with Gasteiger partial charge in [0.05, 0.1) is 26.7 Å². The summed E-state index contributed by atoms with van der Waals surface area (Å²) in [5, 5.41) is 27.9. The van der Waals surface area contributed by atoms with Crippen LogP contribution in [0.1, 0.15) is 69.8 Å². The van der Waals surface area contributed by atoms with Gasteiger partial charge in [0.15, 0.2) is 0 Å². The Kier molecular flexibility index (Phi) is 15.1. The van der Waals surface area contributed by atoms with Crippen LogP contribution in [0.15, 0.2) is 48.7 Å². The van der Waals surface area contributed by atoms with Crippen LogP contribution in [-0.2, 0) is 46.4 Å². The number of aromatic amines is 1. The summed E-state index contributed by atoms with van der Waals surface area (Å²) in [6.07, 6.45) is 2.42. The lowest BCUT2D eigenvalue weighted by molar-refractivity contribution is -0.141. The Labute approximate surface area is 343 Å². The van der Waals surface area contributed by atoms with Crippen molar-refractivity contribution in [2.75, 3.05) is 33.3 Å². The highest BCUT2D eigenvalue weighted by atomic mass is 16.5. The van der Waals surface area contributed by atoms with E-state index in [9.17, 15) is 38.7 Å². The van der Waals surface area contributed by atoms with Gasteiger partial charge in [-0.2, -0.15) is 0 Å². The van der Waals surface area contributed by atoms with Gasteiger partial charge in [-0.05, 0) is 72.4 Å². The summed E-state index contributed by atoms with van der Waals surface area (Å²) >= 11 is 0. The zero-order valence-electron chi connectivity index (χ0n) is 34.2. The molecule has 1 aromatic heterocycles. The number of H-pyrrole nitrogens is 1. The highest BCUT2D eigenvalue weighted by molar-refractivity contribution is 5.97. The average Bonchev–Trinajstić information content (AvgIpc) is 3.88. The van der Waals surface area contributed by atoms with E-state index in [4.69, 9.17) is 4.74 Å². The predicted octanol–water partition coefficient (Wildman–Crippen LogP) is 0.505. The van der Waals surface area contributed by atoms with E-state index in [1.807, 2.05) is 24.3 Å². The van der Waals surface area contributed by atoms with Gasteiger partial charge in [-0.3, -0.25) is 33.6 Å². The molecule has 0 saturated carbocycles. The highest BCUT2D eigenvalue weighted by Crippen LogP contribution is 2.28. The summed E-state index contributed by atoms with van der Waals surface area (Å²) in [7, 11) is 1.53. The average molecular weight is 817 g/mol. The first kappa shape index (κ1) is 44.1. The Bertz CT molecular complexity index is 2030. The monoisotopic (exact) mass is 816 g/mol. The van der Waals surface area contributed by atoms with Crippen molar-refractivity contribution in [3.8, 4) is 5.75 Å². The number of carbonyl (C=O) groups is 7. The van der Waals surface area contributed by atoms with Gasteiger partial charge in [0.2, 0.25) is 41.4 Å². The fourth-order valence-electron chi connectivity index (χ4n) is 7.40. The van der Waals surface area contributed by atoms with Gasteiger partial charge in [0, 0.05) is 30.1 Å². The number of rotatable bonds is 9. The van der Waals surface area contributed by atoms with Crippen LogP contribution in [-0.4, -0.2) is 114 Å². The van der Waals surface area contributed by atoms with E-state index >= 15 is 0 Å². The smallest absolute Gasteiger partial charge is 0.246 e. The second-order valence-electron chi connectivity index (χ2n) is 15.8. The number of aryl methyl sites for hydroxylation is 1. The van der Waals surface area contributed by atoms with Crippen molar-refractivity contribution in [3.05, 3.63) is 65.4 Å². The zero-order valence-corrected chi connectivity index (χ0v) is 34.2. The number of benzene rings is 2. The third-order valence-corrected chi connectivity index (χ3v) is 10.7. The van der Waals surface area contributed by atoms with E-state index in [1.165, 1.54) is 12.0 Å². The Hall–Kier alpha value is -5.97. The number of nitrogens with one attached hydrogen (secondary N) is 7. The lowest BCUT2D eigenvalue weighted by Gasteiger charge is -2.29. The summed E-state index contributed by atoms with van der Waals surface area (Å²) in [5.41, 5.74) is 2.62. The number of methoxy groups -OCH3 is 1. The lowest BCUT2D eigenvalue weighted by Crippen LogP contribution is -2.56. The molecule has 59 heavy (non-hydrogen) atoms. The number of nitrogens with zero attached hydrogens (tertiary/aromatic N) is 1. The number of para-hydroxylation sites is 1. The van der Waals surface area contributed by atoms with Crippen LogP contribution in [0.4, 0.5) is 0 Å². The van der Waals surface area contributed by atoms with Gasteiger partial charge >= 0.3 is 0 Å². The summed E-state index contributed by atoms with van der Waals surface area (Å²) in [5.74, 6) is -4.44. The first-order chi connectivity index (χ1) is 28.2. The third kappa shape index (κ3) is 11.4. The molecular formula is C42H56N8O9. The topological polar surface area (TPSA) is 240 Å². The Morgan fingerprint density at radius 1 is 0.780 bits per heavy atom. The second kappa shape index (κ2) is 20.1. The maximum absolute atomic E-state index is 14.3. The maximum atomic E-state index is 14.3. The van der Waals surface area contributed by atoms with Crippen LogP contribution in [0.2, 0.25) is 0 Å². The van der Waals surface area contributed by atoms with Crippen molar-refractivity contribution in [3.63, 3.8) is 0 Å². The minimum atomic E-state index is -1.64. The molecule has 0 spiro atoms. The molecule has 5 atom stereocenters. The second-order valence-corrected chi connectivity index (χ2v) is 15.8. The van der Waals surface area contributed by atoms with Crippen LogP contribution >= 0.6 is 0 Å². The van der Waals surface area contributed by atoms with Crippen molar-refractivity contribution in [1.82, 2.24) is 41.8 Å². The minimum Gasteiger partial charge on any atom is -0.496 e. The molecule has 0 aliphatic carbocycles. The summed E-state index contributed by atoms with van der Waals surface area (Å²) < 4.78 is 5.53. The SMILES string of the molecule is COc1ccc(C(O)[C@@H]2NC(=O)CNC(=O)[C@H](C(C)C)NC(=O)CNC(=O)[C@@H]3CCCN3C(=O)[C@H](Cc3c[nH]c4ccccc34)NC(=O)CNC2=O)cc1CCC(C)C. The normalized spacial score (nSPS) is 22.4. The molecule has 3 aromatic rings. The molecule has 7 amide bonds. The van der Waals surface area contributed by atoms with Gasteiger partial charge in [-0.1, -0.05) is 52.0 Å². The van der Waals surface area contributed by atoms with Gasteiger partial charge in [0.1, 0.15) is 36.0 Å². The van der Waals surface area contributed by atoms with E-state index in [0.717, 1.165) is 28.5 Å². The van der Waals surface area contributed by atoms with Crippen LogP contribution in [0.25, 0.3) is 10.9 Å². The van der Waals surface area contributed by atoms with Crippen molar-refractivity contribution < 1.29 is 43.4 Å². The molecule has 2 fully saturated rings. The van der Waals surface area contributed by atoms with Gasteiger partial charge in [-0.15, -0.1) is 0 Å². The molecular weight excluding hydrogens is 761 g/mol. The number of aromatic nitrogens is 1. The van der Waals surface area contributed by atoms with Crippen LogP contribution < -0.4 is 36.6 Å². The molecule has 2 saturated heterocycles.